The first-order valence-electron chi connectivity index (χ1n) is 6.44. The van der Waals surface area contributed by atoms with Gasteiger partial charge in [0.05, 0.1) is 15.9 Å². The standard InChI is InChI=1S/C13H18O5S2/c1-10-2-4-12(5-3-10)19(14,15)7-6-11-8-13(9-11)20(16,17)18/h2-5,11,13H,6-9H2,1H3,(H,16,17,18). The quantitative estimate of drug-likeness (QED) is 0.837. The topological polar surface area (TPSA) is 88.5 Å². The Bertz CT molecular complexity index is 668. The molecule has 0 saturated heterocycles. The van der Waals surface area contributed by atoms with Crippen LogP contribution in [-0.2, 0) is 20.0 Å². The smallest absolute Gasteiger partial charge is 0.267 e. The van der Waals surface area contributed by atoms with Crippen molar-refractivity contribution in [3.8, 4) is 0 Å². The fraction of sp³-hybridized carbons (Fsp3) is 0.538. The molecule has 1 aliphatic carbocycles. The van der Waals surface area contributed by atoms with Gasteiger partial charge in [-0.2, -0.15) is 8.42 Å². The molecule has 1 saturated carbocycles. The first kappa shape index (κ1) is 15.5. The molecule has 0 radical (unpaired) electrons. The van der Waals surface area contributed by atoms with Gasteiger partial charge in [-0.3, -0.25) is 4.55 Å². The van der Waals surface area contributed by atoms with Crippen LogP contribution in [0.1, 0.15) is 24.8 Å². The third kappa shape index (κ3) is 3.59. The zero-order valence-electron chi connectivity index (χ0n) is 11.2. The molecule has 0 aromatic heterocycles. The Kier molecular flexibility index (Phi) is 4.22. The number of benzene rings is 1. The molecule has 0 spiro atoms. The third-order valence-corrected chi connectivity index (χ3v) is 6.78. The van der Waals surface area contributed by atoms with E-state index >= 15 is 0 Å². The molecule has 0 unspecified atom stereocenters. The van der Waals surface area contributed by atoms with Crippen molar-refractivity contribution in [3.05, 3.63) is 29.8 Å². The van der Waals surface area contributed by atoms with Gasteiger partial charge >= 0.3 is 0 Å². The summed E-state index contributed by atoms with van der Waals surface area (Å²) >= 11 is 0. The number of hydrogen-bond donors (Lipinski definition) is 1. The van der Waals surface area contributed by atoms with Gasteiger partial charge in [0.1, 0.15) is 0 Å². The summed E-state index contributed by atoms with van der Waals surface area (Å²) in [5, 5.41) is -0.713. The van der Waals surface area contributed by atoms with E-state index in [0.717, 1.165) is 5.56 Å². The number of hydrogen-bond acceptors (Lipinski definition) is 4. The maximum Gasteiger partial charge on any atom is 0.267 e. The Morgan fingerprint density at radius 3 is 2.15 bits per heavy atom. The zero-order valence-corrected chi connectivity index (χ0v) is 12.8. The molecule has 1 N–H and O–H groups in total. The van der Waals surface area contributed by atoms with Gasteiger partial charge in [0, 0.05) is 0 Å². The van der Waals surface area contributed by atoms with Gasteiger partial charge in [-0.25, -0.2) is 8.42 Å². The van der Waals surface area contributed by atoms with Gasteiger partial charge in [0.15, 0.2) is 9.84 Å². The Hall–Kier alpha value is -0.920. The fourth-order valence-corrected chi connectivity index (χ4v) is 4.80. The predicted molar refractivity (Wildman–Crippen MR) is 75.9 cm³/mol. The van der Waals surface area contributed by atoms with Crippen LogP contribution in [0.5, 0.6) is 0 Å². The van der Waals surface area contributed by atoms with Gasteiger partial charge in [-0.05, 0) is 44.2 Å². The Balaban J connectivity index is 1.90. The molecule has 112 valence electrons. The highest BCUT2D eigenvalue weighted by Gasteiger charge is 2.38. The third-order valence-electron chi connectivity index (χ3n) is 3.79. The molecule has 1 aromatic carbocycles. The lowest BCUT2D eigenvalue weighted by Crippen LogP contribution is -2.36. The van der Waals surface area contributed by atoms with Crippen molar-refractivity contribution in [1.29, 1.82) is 0 Å². The van der Waals surface area contributed by atoms with Crippen molar-refractivity contribution in [2.24, 2.45) is 5.92 Å². The highest BCUT2D eigenvalue weighted by atomic mass is 32.2. The highest BCUT2D eigenvalue weighted by Crippen LogP contribution is 2.35. The summed E-state index contributed by atoms with van der Waals surface area (Å²) in [5.41, 5.74) is 0.999. The summed E-state index contributed by atoms with van der Waals surface area (Å²) < 4.78 is 54.7. The van der Waals surface area contributed by atoms with E-state index in [1.807, 2.05) is 6.92 Å². The van der Waals surface area contributed by atoms with E-state index < -0.39 is 25.2 Å². The fourth-order valence-electron chi connectivity index (χ4n) is 2.34. The van der Waals surface area contributed by atoms with Gasteiger partial charge < -0.3 is 0 Å². The van der Waals surface area contributed by atoms with Crippen molar-refractivity contribution in [3.63, 3.8) is 0 Å². The second-order valence-electron chi connectivity index (χ2n) is 5.40. The molecular weight excluding hydrogens is 300 g/mol. The molecule has 0 atom stereocenters. The Labute approximate surface area is 119 Å². The summed E-state index contributed by atoms with van der Waals surface area (Å²) in [7, 11) is -7.27. The minimum absolute atomic E-state index is 0.0128. The van der Waals surface area contributed by atoms with E-state index in [4.69, 9.17) is 4.55 Å². The van der Waals surface area contributed by atoms with E-state index in [1.165, 1.54) is 0 Å². The maximum absolute atomic E-state index is 12.1. The second kappa shape index (κ2) is 5.46. The van der Waals surface area contributed by atoms with Gasteiger partial charge in [0.2, 0.25) is 0 Å². The summed E-state index contributed by atoms with van der Waals surface area (Å²) in [4.78, 5) is 0.300. The van der Waals surface area contributed by atoms with Crippen molar-refractivity contribution in [2.75, 3.05) is 5.75 Å². The van der Waals surface area contributed by atoms with Crippen LogP contribution in [0.15, 0.2) is 29.2 Å². The molecule has 1 fully saturated rings. The van der Waals surface area contributed by atoms with Crippen LogP contribution in [0, 0.1) is 12.8 Å². The molecule has 2 rings (SSSR count). The lowest BCUT2D eigenvalue weighted by atomic mass is 9.83. The van der Waals surface area contributed by atoms with Crippen molar-refractivity contribution < 1.29 is 21.4 Å². The zero-order chi connectivity index (χ0) is 15.0. The number of rotatable bonds is 5. The molecule has 0 heterocycles. The normalized spacial score (nSPS) is 23.3. The Morgan fingerprint density at radius 1 is 1.10 bits per heavy atom. The van der Waals surface area contributed by atoms with Crippen molar-refractivity contribution in [2.45, 2.75) is 36.3 Å². The largest absolute Gasteiger partial charge is 0.285 e. The summed E-state index contributed by atoms with van der Waals surface area (Å²) in [5.74, 6) is 0.0704. The van der Waals surface area contributed by atoms with Crippen molar-refractivity contribution in [1.82, 2.24) is 0 Å². The summed E-state index contributed by atoms with van der Waals surface area (Å²) in [6.07, 6.45) is 1.13. The van der Waals surface area contributed by atoms with Gasteiger partial charge in [-0.1, -0.05) is 17.7 Å². The molecule has 0 amide bonds. The van der Waals surface area contributed by atoms with Crippen LogP contribution in [0.4, 0.5) is 0 Å². The number of sulfone groups is 1. The Morgan fingerprint density at radius 2 is 1.65 bits per heavy atom. The summed E-state index contributed by atoms with van der Waals surface area (Å²) in [6, 6.07) is 6.69. The van der Waals surface area contributed by atoms with Crippen LogP contribution >= 0.6 is 0 Å². The van der Waals surface area contributed by atoms with E-state index in [2.05, 4.69) is 0 Å². The molecule has 0 bridgehead atoms. The molecule has 5 nitrogen and oxygen atoms in total. The van der Waals surface area contributed by atoms with E-state index in [9.17, 15) is 16.8 Å². The first-order valence-corrected chi connectivity index (χ1v) is 9.60. The summed E-state index contributed by atoms with van der Waals surface area (Å²) in [6.45, 7) is 1.89. The molecule has 1 aliphatic rings. The monoisotopic (exact) mass is 318 g/mol. The van der Waals surface area contributed by atoms with Crippen LogP contribution in [-0.4, -0.2) is 32.4 Å². The first-order chi connectivity index (χ1) is 9.18. The lowest BCUT2D eigenvalue weighted by Gasteiger charge is -2.32. The molecule has 20 heavy (non-hydrogen) atoms. The predicted octanol–water partition coefficient (Wildman–Crippen LogP) is 1.83. The average Bonchev–Trinajstić information content (AvgIpc) is 2.25. The highest BCUT2D eigenvalue weighted by molar-refractivity contribution is 7.91. The van der Waals surface area contributed by atoms with Gasteiger partial charge in [-0.15, -0.1) is 0 Å². The average molecular weight is 318 g/mol. The molecule has 0 aliphatic heterocycles. The van der Waals surface area contributed by atoms with Gasteiger partial charge in [0.25, 0.3) is 10.1 Å². The minimum Gasteiger partial charge on any atom is -0.285 e. The minimum atomic E-state index is -3.96. The van der Waals surface area contributed by atoms with Crippen molar-refractivity contribution >= 4 is 20.0 Å². The van der Waals surface area contributed by atoms with E-state index in [-0.39, 0.29) is 11.7 Å². The SMILES string of the molecule is Cc1ccc(S(=O)(=O)CCC2CC(S(=O)(=O)O)C2)cc1. The maximum atomic E-state index is 12.1. The van der Waals surface area contributed by atoms with Crippen LogP contribution in [0.25, 0.3) is 0 Å². The van der Waals surface area contributed by atoms with Crippen LogP contribution in [0.3, 0.4) is 0 Å². The molecule has 7 heteroatoms. The molecular formula is C13H18O5S2. The van der Waals surface area contributed by atoms with Crippen LogP contribution in [0.2, 0.25) is 0 Å². The van der Waals surface area contributed by atoms with E-state index in [1.54, 1.807) is 24.3 Å². The van der Waals surface area contributed by atoms with Crippen LogP contribution < -0.4 is 0 Å². The molecule has 1 aromatic rings. The second-order valence-corrected chi connectivity index (χ2v) is 9.20. The lowest BCUT2D eigenvalue weighted by molar-refractivity contribution is 0.292. The number of aryl methyl sites for hydroxylation is 1. The van der Waals surface area contributed by atoms with E-state index in [0.29, 0.717) is 24.2 Å².